The second-order valence-corrected chi connectivity index (χ2v) is 5.20. The summed E-state index contributed by atoms with van der Waals surface area (Å²) in [6.07, 6.45) is 6.60. The van der Waals surface area contributed by atoms with Gasteiger partial charge < -0.3 is 9.88 Å². The van der Waals surface area contributed by atoms with E-state index in [4.69, 9.17) is 0 Å². The molecule has 1 N–H and O–H groups in total. The smallest absolute Gasteiger partial charge is 0.0948 e. The normalized spacial score (nSPS) is 18.3. The SMILES string of the molecule is CCNCC1CCN(Cc2cncn2CC)CC1. The fraction of sp³-hybridized carbons (Fsp3) is 0.786. The van der Waals surface area contributed by atoms with Crippen molar-refractivity contribution in [2.75, 3.05) is 26.2 Å². The molecule has 0 spiro atoms. The largest absolute Gasteiger partial charge is 0.334 e. The Morgan fingerprint density at radius 3 is 2.78 bits per heavy atom. The maximum absolute atomic E-state index is 4.24. The van der Waals surface area contributed by atoms with Crippen molar-refractivity contribution in [1.82, 2.24) is 19.8 Å². The van der Waals surface area contributed by atoms with E-state index in [1.807, 2.05) is 12.5 Å². The van der Waals surface area contributed by atoms with Crippen molar-refractivity contribution in [2.24, 2.45) is 5.92 Å². The third kappa shape index (κ3) is 3.56. The first kappa shape index (κ1) is 13.6. The molecule has 1 aliphatic rings. The predicted octanol–water partition coefficient (Wildman–Crippen LogP) is 1.72. The summed E-state index contributed by atoms with van der Waals surface area (Å²) in [4.78, 5) is 6.80. The molecular weight excluding hydrogens is 224 g/mol. The van der Waals surface area contributed by atoms with Crippen molar-refractivity contribution in [3.05, 3.63) is 18.2 Å². The highest BCUT2D eigenvalue weighted by Gasteiger charge is 2.19. The Labute approximate surface area is 110 Å². The average molecular weight is 250 g/mol. The number of rotatable bonds is 6. The van der Waals surface area contributed by atoms with Crippen LogP contribution in [0.25, 0.3) is 0 Å². The number of nitrogens with zero attached hydrogens (tertiary/aromatic N) is 3. The molecule has 1 aliphatic heterocycles. The van der Waals surface area contributed by atoms with Crippen molar-refractivity contribution in [2.45, 2.75) is 39.8 Å². The molecule has 2 rings (SSSR count). The Morgan fingerprint density at radius 2 is 2.11 bits per heavy atom. The third-order valence-corrected chi connectivity index (χ3v) is 3.91. The fourth-order valence-corrected chi connectivity index (χ4v) is 2.69. The minimum atomic E-state index is 0.872. The summed E-state index contributed by atoms with van der Waals surface area (Å²) in [6.45, 7) is 11.2. The van der Waals surface area contributed by atoms with Crippen molar-refractivity contribution in [3.8, 4) is 0 Å². The van der Waals surface area contributed by atoms with E-state index in [-0.39, 0.29) is 0 Å². The van der Waals surface area contributed by atoms with E-state index in [9.17, 15) is 0 Å². The zero-order valence-corrected chi connectivity index (χ0v) is 11.7. The molecule has 0 amide bonds. The molecule has 4 heteroatoms. The van der Waals surface area contributed by atoms with Crippen LogP contribution in [0, 0.1) is 5.92 Å². The van der Waals surface area contributed by atoms with E-state index in [0.29, 0.717) is 0 Å². The van der Waals surface area contributed by atoms with Crippen LogP contribution in [0.5, 0.6) is 0 Å². The quantitative estimate of drug-likeness (QED) is 0.834. The molecule has 1 aromatic heterocycles. The molecule has 0 aliphatic carbocycles. The lowest BCUT2D eigenvalue weighted by molar-refractivity contribution is 0.172. The van der Waals surface area contributed by atoms with E-state index < -0.39 is 0 Å². The van der Waals surface area contributed by atoms with Gasteiger partial charge in [0.1, 0.15) is 0 Å². The van der Waals surface area contributed by atoms with Crippen LogP contribution >= 0.6 is 0 Å². The molecule has 0 aromatic carbocycles. The zero-order chi connectivity index (χ0) is 12.8. The van der Waals surface area contributed by atoms with Gasteiger partial charge >= 0.3 is 0 Å². The standard InChI is InChI=1S/C14H26N4/c1-3-15-9-13-5-7-17(8-6-13)11-14-10-16-12-18(14)4-2/h10,12-13,15H,3-9,11H2,1-2H3. The average Bonchev–Trinajstić information content (AvgIpc) is 2.85. The van der Waals surface area contributed by atoms with E-state index in [0.717, 1.165) is 25.6 Å². The fourth-order valence-electron chi connectivity index (χ4n) is 2.69. The molecule has 102 valence electrons. The second-order valence-electron chi connectivity index (χ2n) is 5.20. The second kappa shape index (κ2) is 6.90. The number of aromatic nitrogens is 2. The monoisotopic (exact) mass is 250 g/mol. The molecule has 18 heavy (non-hydrogen) atoms. The Morgan fingerprint density at radius 1 is 1.33 bits per heavy atom. The number of likely N-dealkylation sites (tertiary alicyclic amines) is 1. The van der Waals surface area contributed by atoms with Crippen molar-refractivity contribution in [3.63, 3.8) is 0 Å². The third-order valence-electron chi connectivity index (χ3n) is 3.91. The maximum atomic E-state index is 4.24. The van der Waals surface area contributed by atoms with E-state index >= 15 is 0 Å². The summed E-state index contributed by atoms with van der Waals surface area (Å²) >= 11 is 0. The summed E-state index contributed by atoms with van der Waals surface area (Å²) < 4.78 is 2.24. The maximum Gasteiger partial charge on any atom is 0.0948 e. The van der Waals surface area contributed by atoms with Crippen LogP contribution in [-0.4, -0.2) is 40.6 Å². The lowest BCUT2D eigenvalue weighted by atomic mass is 9.97. The first-order valence-electron chi connectivity index (χ1n) is 7.25. The minimum absolute atomic E-state index is 0.872. The molecule has 1 saturated heterocycles. The number of hydrogen-bond donors (Lipinski definition) is 1. The minimum Gasteiger partial charge on any atom is -0.334 e. The molecule has 0 saturated carbocycles. The lowest BCUT2D eigenvalue weighted by Crippen LogP contribution is -2.37. The van der Waals surface area contributed by atoms with Crippen LogP contribution in [0.1, 0.15) is 32.4 Å². The lowest BCUT2D eigenvalue weighted by Gasteiger charge is -2.32. The highest BCUT2D eigenvalue weighted by molar-refractivity contribution is 4.98. The number of hydrogen-bond acceptors (Lipinski definition) is 3. The van der Waals surface area contributed by atoms with Gasteiger partial charge in [0.05, 0.1) is 12.0 Å². The van der Waals surface area contributed by atoms with Crippen molar-refractivity contribution < 1.29 is 0 Å². The number of piperidine rings is 1. The molecule has 0 unspecified atom stereocenters. The Hall–Kier alpha value is -0.870. The van der Waals surface area contributed by atoms with Crippen LogP contribution in [0.15, 0.2) is 12.5 Å². The van der Waals surface area contributed by atoms with Gasteiger partial charge in [-0.05, 0) is 51.9 Å². The Bertz CT molecular complexity index is 339. The molecule has 1 fully saturated rings. The highest BCUT2D eigenvalue weighted by Crippen LogP contribution is 2.18. The number of imidazole rings is 1. The highest BCUT2D eigenvalue weighted by atomic mass is 15.2. The van der Waals surface area contributed by atoms with E-state index in [1.165, 1.54) is 38.2 Å². The summed E-state index contributed by atoms with van der Waals surface area (Å²) in [5, 5.41) is 3.46. The molecule has 0 radical (unpaired) electrons. The number of nitrogens with one attached hydrogen (secondary N) is 1. The summed E-state index contributed by atoms with van der Waals surface area (Å²) in [5.74, 6) is 0.872. The van der Waals surface area contributed by atoms with Gasteiger partial charge in [-0.25, -0.2) is 4.98 Å². The summed E-state index contributed by atoms with van der Waals surface area (Å²) in [7, 11) is 0. The van der Waals surface area contributed by atoms with Gasteiger partial charge in [-0.15, -0.1) is 0 Å². The van der Waals surface area contributed by atoms with Gasteiger partial charge in [-0.1, -0.05) is 6.92 Å². The van der Waals surface area contributed by atoms with Crippen LogP contribution in [0.4, 0.5) is 0 Å². The predicted molar refractivity (Wildman–Crippen MR) is 74.4 cm³/mol. The van der Waals surface area contributed by atoms with Gasteiger partial charge in [0.15, 0.2) is 0 Å². The molecule has 0 atom stereocenters. The first-order valence-corrected chi connectivity index (χ1v) is 7.25. The zero-order valence-electron chi connectivity index (χ0n) is 11.7. The Kier molecular flexibility index (Phi) is 5.20. The van der Waals surface area contributed by atoms with Crippen LogP contribution in [0.3, 0.4) is 0 Å². The summed E-state index contributed by atoms with van der Waals surface area (Å²) in [5.41, 5.74) is 1.35. The molecular formula is C14H26N4. The van der Waals surface area contributed by atoms with E-state index in [2.05, 4.69) is 33.6 Å². The van der Waals surface area contributed by atoms with E-state index in [1.54, 1.807) is 0 Å². The van der Waals surface area contributed by atoms with Crippen molar-refractivity contribution in [1.29, 1.82) is 0 Å². The topological polar surface area (TPSA) is 33.1 Å². The number of aryl methyl sites for hydroxylation is 1. The van der Waals surface area contributed by atoms with Gasteiger partial charge in [-0.2, -0.15) is 0 Å². The van der Waals surface area contributed by atoms with Crippen LogP contribution < -0.4 is 5.32 Å². The summed E-state index contributed by atoms with van der Waals surface area (Å²) in [6, 6.07) is 0. The van der Waals surface area contributed by atoms with Crippen LogP contribution in [-0.2, 0) is 13.1 Å². The molecule has 2 heterocycles. The molecule has 0 bridgehead atoms. The van der Waals surface area contributed by atoms with Gasteiger partial charge in [0.2, 0.25) is 0 Å². The van der Waals surface area contributed by atoms with Crippen molar-refractivity contribution >= 4 is 0 Å². The van der Waals surface area contributed by atoms with Gasteiger partial charge in [-0.3, -0.25) is 4.90 Å². The molecule has 1 aromatic rings. The Balaban J connectivity index is 1.76. The molecule has 4 nitrogen and oxygen atoms in total. The first-order chi connectivity index (χ1) is 8.83. The van der Waals surface area contributed by atoms with Gasteiger partial charge in [0, 0.05) is 19.3 Å². The van der Waals surface area contributed by atoms with Gasteiger partial charge in [0.25, 0.3) is 0 Å². The van der Waals surface area contributed by atoms with Crippen LogP contribution in [0.2, 0.25) is 0 Å².